The molecule has 3 aliphatic rings. The molecule has 2 aromatic carbocycles. The van der Waals surface area contributed by atoms with Gasteiger partial charge in [-0.2, -0.15) is 0 Å². The Bertz CT molecular complexity index is 1890. The number of carbonyl (C=O) groups is 2. The summed E-state index contributed by atoms with van der Waals surface area (Å²) >= 11 is 3.07. The zero-order valence-corrected chi connectivity index (χ0v) is 44.5. The molecule has 3 saturated heterocycles. The molecule has 14 nitrogen and oxygen atoms in total. The highest BCUT2D eigenvalue weighted by Gasteiger charge is 2.63. The molecule has 3 fully saturated rings. The van der Waals surface area contributed by atoms with Crippen molar-refractivity contribution < 1.29 is 65.2 Å². The summed E-state index contributed by atoms with van der Waals surface area (Å²) in [6, 6.07) is 9.08. The first-order chi connectivity index (χ1) is 29.8. The van der Waals surface area contributed by atoms with E-state index in [4.69, 9.17) is 46.9 Å². The summed E-state index contributed by atoms with van der Waals surface area (Å²) in [5.74, 6) is -0.0573. The monoisotopic (exact) mass is 996 g/mol. The lowest BCUT2D eigenvalue weighted by Gasteiger charge is -2.32. The molecule has 20 heteroatoms. The molecule has 0 N–H and O–H groups in total. The fourth-order valence-electron chi connectivity index (χ4n) is 5.79. The maximum Gasteiger partial charge on any atom is 0.497 e. The maximum atomic E-state index is 14.6. The van der Waals surface area contributed by atoms with E-state index in [1.165, 1.54) is 21.9 Å². The Balaban J connectivity index is 0.000000271. The van der Waals surface area contributed by atoms with Crippen molar-refractivity contribution in [3.63, 3.8) is 0 Å². The fraction of sp³-hybridized carbons (Fsp3) is 0.696. The smallest absolute Gasteiger partial charge is 0.492 e. The predicted octanol–water partition coefficient (Wildman–Crippen LogP) is 9.45. The topological polar surface area (TPSA) is 133 Å². The molecule has 0 spiro atoms. The van der Waals surface area contributed by atoms with Gasteiger partial charge >= 0.3 is 33.3 Å². The van der Waals surface area contributed by atoms with Crippen LogP contribution >= 0.6 is 15.9 Å². The van der Waals surface area contributed by atoms with Crippen LogP contribution in [0.1, 0.15) is 125 Å². The molecule has 3 heterocycles. The first-order valence-electron chi connectivity index (χ1n) is 22.2. The summed E-state index contributed by atoms with van der Waals surface area (Å²) in [6.07, 6.45) is -0.846. The second-order valence-corrected chi connectivity index (χ2v) is 22.5. The Labute approximate surface area is 402 Å². The Morgan fingerprint density at radius 2 is 0.879 bits per heavy atom. The molecule has 2 amide bonds. The minimum atomic E-state index is -0.766. The summed E-state index contributed by atoms with van der Waals surface area (Å²) in [7, 11) is 1.53. The Hall–Kier alpha value is -3.13. The molecule has 370 valence electrons. The van der Waals surface area contributed by atoms with Crippen molar-refractivity contribution in [3.8, 4) is 11.5 Å². The van der Waals surface area contributed by atoms with E-state index in [-0.39, 0.29) is 41.4 Å². The number of rotatable bonds is 10. The first-order valence-corrected chi connectivity index (χ1v) is 23.0. The summed E-state index contributed by atoms with van der Waals surface area (Å²) in [6.45, 7) is 35.9. The molecule has 0 aromatic heterocycles. The molecule has 0 aliphatic carbocycles. The Morgan fingerprint density at radius 3 is 1.20 bits per heavy atom. The van der Waals surface area contributed by atoms with Gasteiger partial charge in [0.1, 0.15) is 47.5 Å². The number of hydrogen-bond donors (Lipinski definition) is 0. The number of hydrogen-bond acceptors (Lipinski definition) is 12. The van der Waals surface area contributed by atoms with Crippen LogP contribution in [-0.2, 0) is 37.4 Å². The van der Waals surface area contributed by atoms with E-state index in [0.29, 0.717) is 34.5 Å². The average Bonchev–Trinajstić information content (AvgIpc) is 3.61. The van der Waals surface area contributed by atoms with E-state index < -0.39 is 61.5 Å². The van der Waals surface area contributed by atoms with E-state index in [2.05, 4.69) is 15.9 Å². The number of likely N-dealkylation sites (N-methyl/N-ethyl adjacent to an activating group) is 2. The fourth-order valence-corrected chi connectivity index (χ4v) is 6.03. The van der Waals surface area contributed by atoms with Crippen molar-refractivity contribution in [1.82, 2.24) is 9.80 Å². The van der Waals surface area contributed by atoms with E-state index in [0.717, 1.165) is 0 Å². The molecule has 0 atom stereocenters. The summed E-state index contributed by atoms with van der Waals surface area (Å²) in [4.78, 5) is 26.4. The molecular weight excluding hydrogens is 923 g/mol. The number of halogens is 3. The molecular formula is C46H74B3BrF2N2O12. The highest BCUT2D eigenvalue weighted by Crippen LogP contribution is 2.43. The van der Waals surface area contributed by atoms with Gasteiger partial charge in [0.15, 0.2) is 0 Å². The van der Waals surface area contributed by atoms with Crippen LogP contribution in [0.3, 0.4) is 0 Å². The molecule has 66 heavy (non-hydrogen) atoms. The largest absolute Gasteiger partial charge is 0.497 e. The van der Waals surface area contributed by atoms with Crippen LogP contribution < -0.4 is 14.9 Å². The lowest BCUT2D eigenvalue weighted by molar-refractivity contribution is 0.00578. The predicted molar refractivity (Wildman–Crippen MR) is 257 cm³/mol. The zero-order valence-electron chi connectivity index (χ0n) is 43.0. The second kappa shape index (κ2) is 21.3. The van der Waals surface area contributed by atoms with Crippen molar-refractivity contribution >= 4 is 54.7 Å². The van der Waals surface area contributed by atoms with Gasteiger partial charge in [-0.3, -0.25) is 0 Å². The number of benzene rings is 2. The lowest BCUT2D eigenvalue weighted by Crippen LogP contribution is -2.41. The second-order valence-electron chi connectivity index (χ2n) is 21.6. The van der Waals surface area contributed by atoms with Crippen LogP contribution in [0.2, 0.25) is 0 Å². The van der Waals surface area contributed by atoms with E-state index in [1.807, 2.05) is 83.1 Å². The minimum absolute atomic E-state index is 0.213. The van der Waals surface area contributed by atoms with Gasteiger partial charge in [-0.25, -0.2) is 18.4 Å². The van der Waals surface area contributed by atoms with Crippen LogP contribution in [0, 0.1) is 11.6 Å². The third kappa shape index (κ3) is 15.7. The summed E-state index contributed by atoms with van der Waals surface area (Å²) in [5.41, 5.74) is -3.26. The van der Waals surface area contributed by atoms with Crippen LogP contribution in [0.5, 0.6) is 11.5 Å². The van der Waals surface area contributed by atoms with Gasteiger partial charge in [-0.15, -0.1) is 0 Å². The van der Waals surface area contributed by atoms with Gasteiger partial charge in [0.2, 0.25) is 0 Å². The quantitative estimate of drug-likeness (QED) is 0.210. The van der Waals surface area contributed by atoms with Gasteiger partial charge in [-0.05, 0) is 159 Å². The minimum Gasteiger partial charge on any atom is -0.492 e. The third-order valence-electron chi connectivity index (χ3n) is 11.9. The molecule has 3 aliphatic heterocycles. The molecule has 0 unspecified atom stereocenters. The molecule has 5 rings (SSSR count). The van der Waals surface area contributed by atoms with Crippen LogP contribution in [0.4, 0.5) is 18.4 Å². The maximum absolute atomic E-state index is 14.6. The van der Waals surface area contributed by atoms with E-state index in [1.54, 1.807) is 79.9 Å². The van der Waals surface area contributed by atoms with Crippen molar-refractivity contribution in [1.29, 1.82) is 0 Å². The van der Waals surface area contributed by atoms with Gasteiger partial charge in [0, 0.05) is 31.7 Å². The van der Waals surface area contributed by atoms with Gasteiger partial charge in [-0.1, -0.05) is 6.07 Å². The van der Waals surface area contributed by atoms with Crippen LogP contribution in [-0.4, -0.2) is 128 Å². The van der Waals surface area contributed by atoms with Crippen molar-refractivity contribution in [3.05, 3.63) is 52.5 Å². The zero-order chi connectivity index (χ0) is 50.6. The number of nitrogens with zero attached hydrogens (tertiary/aromatic N) is 2. The van der Waals surface area contributed by atoms with E-state index in [9.17, 15) is 18.4 Å². The normalized spacial score (nSPS) is 19.8. The van der Waals surface area contributed by atoms with E-state index >= 15 is 0 Å². The van der Waals surface area contributed by atoms with Crippen molar-refractivity contribution in [2.75, 3.05) is 40.4 Å². The van der Waals surface area contributed by atoms with Gasteiger partial charge in [0.25, 0.3) is 0 Å². The standard InChI is InChI=1S/C20H31BFNO5.C14H19BrFNO3.C12H24B2O4/c1-18(2,3)26-17(24)23(8)11-12-25-14-9-10-15(16(22)13-14)21-27-19(4,5)20(6,7)28-21;1-14(2,3)20-13(18)17(4)7-8-19-10-5-6-11(15)12(16)9-10;1-9(2)10(3,4)16-13(15-9)14-17-11(5,6)12(7,8)18-14/h9-10,13H,11-12H2,1-8H3;5-6,9H,7-8H2,1-4H3;1-8H3. The van der Waals surface area contributed by atoms with Crippen LogP contribution in [0.15, 0.2) is 40.9 Å². The van der Waals surface area contributed by atoms with Gasteiger partial charge in [0.05, 0.1) is 51.2 Å². The summed E-state index contributed by atoms with van der Waals surface area (Å²) in [5, 5.41) is 0. The number of amides is 2. The van der Waals surface area contributed by atoms with Gasteiger partial charge < -0.3 is 56.7 Å². The average molecular weight is 997 g/mol. The molecule has 0 bridgehead atoms. The van der Waals surface area contributed by atoms with Crippen molar-refractivity contribution in [2.45, 2.75) is 169 Å². The Kier molecular flexibility index (Phi) is 18.4. The molecule has 2 aromatic rings. The lowest BCUT2D eigenvalue weighted by atomic mass is 9.49. The summed E-state index contributed by atoms with van der Waals surface area (Å²) < 4.78 is 85.3. The van der Waals surface area contributed by atoms with Crippen molar-refractivity contribution in [2.24, 2.45) is 0 Å². The SMILES string of the molecule is CC1(C)OB(B2OC(C)(C)C(C)(C)O2)OC1(C)C.CN(CCOc1ccc(B2OC(C)(C)C(C)(C)O2)c(F)c1)C(=O)OC(C)(C)C.CN(CCOc1ccc(Br)c(F)c1)C(=O)OC(C)(C)C. The first kappa shape index (κ1) is 57.2. The highest BCUT2D eigenvalue weighted by atomic mass is 79.9. The Morgan fingerprint density at radius 1 is 0.561 bits per heavy atom. The number of ether oxygens (including phenoxy) is 4. The molecule has 0 radical (unpaired) electrons. The molecule has 0 saturated carbocycles. The highest BCUT2D eigenvalue weighted by molar-refractivity contribution is 9.10. The number of carbonyl (C=O) groups excluding carboxylic acids is 2. The van der Waals surface area contributed by atoms with Crippen LogP contribution in [0.25, 0.3) is 0 Å². The third-order valence-corrected chi connectivity index (χ3v) is 12.6.